The molecule has 94 valence electrons. The third kappa shape index (κ3) is 2.50. The van der Waals surface area contributed by atoms with Crippen molar-refractivity contribution >= 4 is 28.3 Å². The summed E-state index contributed by atoms with van der Waals surface area (Å²) in [6.07, 6.45) is 2.70. The Bertz CT molecular complexity index is 704. The molecule has 0 spiro atoms. The van der Waals surface area contributed by atoms with Gasteiger partial charge in [-0.05, 0) is 18.2 Å². The first-order valence-electron chi connectivity index (χ1n) is 5.40. The molecule has 0 saturated heterocycles. The first-order chi connectivity index (χ1) is 9.13. The summed E-state index contributed by atoms with van der Waals surface area (Å²) in [5, 5.41) is 21.1. The van der Waals surface area contributed by atoms with Crippen molar-refractivity contribution in [3.63, 3.8) is 0 Å². The van der Waals surface area contributed by atoms with Crippen molar-refractivity contribution in [1.82, 2.24) is 4.98 Å². The Labute approximate surface area is 108 Å². The largest absolute Gasteiger partial charge is 0.478 e. The van der Waals surface area contributed by atoms with Crippen molar-refractivity contribution in [2.75, 3.05) is 5.32 Å². The van der Waals surface area contributed by atoms with Gasteiger partial charge in [0.15, 0.2) is 0 Å². The Morgan fingerprint density at radius 1 is 1.32 bits per heavy atom. The van der Waals surface area contributed by atoms with E-state index in [0.29, 0.717) is 16.5 Å². The van der Waals surface area contributed by atoms with Gasteiger partial charge in [-0.25, -0.2) is 4.79 Å². The normalized spacial score (nSPS) is 9.84. The fraction of sp³-hybridized carbons (Fsp3) is 0.0769. The molecule has 1 heterocycles. The van der Waals surface area contributed by atoms with Crippen LogP contribution in [0.5, 0.6) is 0 Å². The zero-order valence-corrected chi connectivity index (χ0v) is 9.75. The van der Waals surface area contributed by atoms with Crippen molar-refractivity contribution in [3.8, 4) is 6.07 Å². The van der Waals surface area contributed by atoms with Gasteiger partial charge in [0.25, 0.3) is 0 Å². The number of carbonyl (C=O) groups is 2. The molecule has 2 aromatic rings. The fourth-order valence-corrected chi connectivity index (χ4v) is 1.75. The van der Waals surface area contributed by atoms with E-state index in [4.69, 9.17) is 10.4 Å². The van der Waals surface area contributed by atoms with Gasteiger partial charge in [-0.2, -0.15) is 5.26 Å². The highest BCUT2D eigenvalue weighted by Crippen LogP contribution is 2.26. The van der Waals surface area contributed by atoms with Crippen LogP contribution >= 0.6 is 0 Å². The number of nitrogens with one attached hydrogen (secondary N) is 1. The molecule has 1 aromatic heterocycles. The van der Waals surface area contributed by atoms with Crippen LogP contribution in [-0.2, 0) is 4.79 Å². The maximum absolute atomic E-state index is 11.4. The van der Waals surface area contributed by atoms with Crippen molar-refractivity contribution in [2.45, 2.75) is 6.42 Å². The summed E-state index contributed by atoms with van der Waals surface area (Å²) >= 11 is 0. The zero-order chi connectivity index (χ0) is 13.8. The lowest BCUT2D eigenvalue weighted by molar-refractivity contribution is -0.115. The average Bonchev–Trinajstić information content (AvgIpc) is 2.39. The number of pyridine rings is 1. The number of hydrogen-bond donors (Lipinski definition) is 2. The van der Waals surface area contributed by atoms with E-state index in [9.17, 15) is 9.59 Å². The predicted molar refractivity (Wildman–Crippen MR) is 67.6 cm³/mol. The molecule has 2 N–H and O–H groups in total. The number of anilines is 1. The van der Waals surface area contributed by atoms with Crippen LogP contribution in [0.15, 0.2) is 30.6 Å². The number of nitrogens with zero attached hydrogens (tertiary/aromatic N) is 2. The molecular weight excluding hydrogens is 246 g/mol. The van der Waals surface area contributed by atoms with Gasteiger partial charge >= 0.3 is 5.97 Å². The lowest BCUT2D eigenvalue weighted by Crippen LogP contribution is -2.11. The van der Waals surface area contributed by atoms with Crippen LogP contribution in [0.2, 0.25) is 0 Å². The highest BCUT2D eigenvalue weighted by molar-refractivity contribution is 6.10. The van der Waals surface area contributed by atoms with Crippen LogP contribution in [-0.4, -0.2) is 22.0 Å². The van der Waals surface area contributed by atoms with E-state index in [1.165, 1.54) is 24.5 Å². The van der Waals surface area contributed by atoms with E-state index in [0.717, 1.165) is 0 Å². The lowest BCUT2D eigenvalue weighted by atomic mass is 10.0. The van der Waals surface area contributed by atoms with E-state index in [1.54, 1.807) is 12.1 Å². The first kappa shape index (κ1) is 12.5. The molecule has 0 aliphatic carbocycles. The van der Waals surface area contributed by atoms with Gasteiger partial charge in [-0.3, -0.25) is 9.78 Å². The number of benzene rings is 1. The number of aromatic nitrogens is 1. The maximum atomic E-state index is 11.4. The van der Waals surface area contributed by atoms with Gasteiger partial charge in [0, 0.05) is 23.2 Å². The van der Waals surface area contributed by atoms with Crippen molar-refractivity contribution < 1.29 is 14.7 Å². The van der Waals surface area contributed by atoms with Crippen LogP contribution in [0, 0.1) is 11.3 Å². The Morgan fingerprint density at radius 2 is 2.11 bits per heavy atom. The summed E-state index contributed by atoms with van der Waals surface area (Å²) in [6, 6.07) is 6.21. The van der Waals surface area contributed by atoms with Crippen LogP contribution < -0.4 is 5.32 Å². The quantitative estimate of drug-likeness (QED) is 0.870. The Kier molecular flexibility index (Phi) is 3.39. The fourth-order valence-electron chi connectivity index (χ4n) is 1.75. The van der Waals surface area contributed by atoms with Crippen LogP contribution in [0.1, 0.15) is 16.8 Å². The second-order valence-electron chi connectivity index (χ2n) is 3.77. The molecule has 0 bridgehead atoms. The molecule has 0 atom stereocenters. The van der Waals surface area contributed by atoms with Crippen molar-refractivity contribution in [3.05, 3.63) is 36.2 Å². The minimum absolute atomic E-state index is 0.135. The molecule has 6 heteroatoms. The van der Waals surface area contributed by atoms with Crippen LogP contribution in [0.25, 0.3) is 10.8 Å². The topological polar surface area (TPSA) is 103 Å². The number of carboxylic acid groups (broad SMARTS) is 1. The highest BCUT2D eigenvalue weighted by atomic mass is 16.4. The number of rotatable bonds is 3. The summed E-state index contributed by atoms with van der Waals surface area (Å²) < 4.78 is 0. The van der Waals surface area contributed by atoms with Crippen molar-refractivity contribution in [2.24, 2.45) is 0 Å². The molecule has 1 aromatic carbocycles. The number of fused-ring (bicyclic) bond motifs is 1. The molecule has 0 aliphatic rings. The summed E-state index contributed by atoms with van der Waals surface area (Å²) in [6.45, 7) is 0. The lowest BCUT2D eigenvalue weighted by Gasteiger charge is -2.09. The van der Waals surface area contributed by atoms with E-state index in [-0.39, 0.29) is 12.0 Å². The number of carbonyl (C=O) groups excluding carboxylic acids is 1. The monoisotopic (exact) mass is 255 g/mol. The van der Waals surface area contributed by atoms with E-state index in [1.807, 2.05) is 0 Å². The maximum Gasteiger partial charge on any atom is 0.336 e. The molecule has 19 heavy (non-hydrogen) atoms. The third-order valence-electron chi connectivity index (χ3n) is 2.56. The summed E-state index contributed by atoms with van der Waals surface area (Å²) in [5.74, 6) is -1.50. The molecular formula is C13H9N3O3. The van der Waals surface area contributed by atoms with Gasteiger partial charge < -0.3 is 10.4 Å². The summed E-state index contributed by atoms with van der Waals surface area (Å²) in [5.41, 5.74) is 0.573. The number of hydrogen-bond acceptors (Lipinski definition) is 4. The Morgan fingerprint density at radius 3 is 2.79 bits per heavy atom. The Hall–Kier alpha value is -2.94. The van der Waals surface area contributed by atoms with Gasteiger partial charge in [-0.1, -0.05) is 0 Å². The number of aromatic carboxylic acids is 1. The van der Waals surface area contributed by atoms with E-state index >= 15 is 0 Å². The molecule has 6 nitrogen and oxygen atoms in total. The van der Waals surface area contributed by atoms with Crippen molar-refractivity contribution in [1.29, 1.82) is 5.26 Å². The first-order valence-corrected chi connectivity index (χ1v) is 5.40. The number of amides is 1. The van der Waals surface area contributed by atoms with Gasteiger partial charge in [0.2, 0.25) is 5.91 Å². The minimum Gasteiger partial charge on any atom is -0.478 e. The predicted octanol–water partition coefficient (Wildman–Crippen LogP) is 1.79. The van der Waals surface area contributed by atoms with E-state index < -0.39 is 11.9 Å². The SMILES string of the molecule is N#CCC(=O)Nc1ccc(C(=O)O)c2ccncc12. The second kappa shape index (κ2) is 5.14. The smallest absolute Gasteiger partial charge is 0.336 e. The standard InChI is InChI=1S/C13H9N3O3/c14-5-3-12(17)16-11-2-1-9(13(18)19)8-4-6-15-7-10(8)11/h1-2,4,6-7H,3H2,(H,16,17)(H,18,19). The summed E-state index contributed by atoms with van der Waals surface area (Å²) in [7, 11) is 0. The number of carboxylic acids is 1. The highest BCUT2D eigenvalue weighted by Gasteiger charge is 2.12. The molecule has 0 aliphatic heterocycles. The molecule has 0 saturated carbocycles. The molecule has 2 rings (SSSR count). The van der Waals surface area contributed by atoms with Gasteiger partial charge in [0.05, 0.1) is 17.3 Å². The zero-order valence-electron chi connectivity index (χ0n) is 9.75. The second-order valence-corrected chi connectivity index (χ2v) is 3.77. The molecule has 1 amide bonds. The Balaban J connectivity index is 2.53. The average molecular weight is 255 g/mol. The minimum atomic E-state index is -1.05. The number of nitriles is 1. The van der Waals surface area contributed by atoms with Gasteiger partial charge in [-0.15, -0.1) is 0 Å². The molecule has 0 radical (unpaired) electrons. The third-order valence-corrected chi connectivity index (χ3v) is 2.56. The molecule has 0 unspecified atom stereocenters. The van der Waals surface area contributed by atoms with Gasteiger partial charge in [0.1, 0.15) is 6.42 Å². The molecule has 0 fully saturated rings. The van der Waals surface area contributed by atoms with Crippen LogP contribution in [0.4, 0.5) is 5.69 Å². The van der Waals surface area contributed by atoms with E-state index in [2.05, 4.69) is 10.3 Å². The van der Waals surface area contributed by atoms with Crippen LogP contribution in [0.3, 0.4) is 0 Å². The summed E-state index contributed by atoms with van der Waals surface area (Å²) in [4.78, 5) is 26.4.